The van der Waals surface area contributed by atoms with E-state index in [9.17, 15) is 4.79 Å². The molecule has 0 radical (unpaired) electrons. The molecule has 0 bridgehead atoms. The summed E-state index contributed by atoms with van der Waals surface area (Å²) in [5.41, 5.74) is 0. The van der Waals surface area contributed by atoms with E-state index < -0.39 is 0 Å². The number of aliphatic hydroxyl groups is 1. The Balaban J connectivity index is 2.49. The van der Waals surface area contributed by atoms with Gasteiger partial charge in [-0.2, -0.15) is 0 Å². The molecule has 1 fully saturated rings. The molecule has 2 unspecified atom stereocenters. The highest BCUT2D eigenvalue weighted by Crippen LogP contribution is 2.19. The zero-order chi connectivity index (χ0) is 7.56. The number of aliphatic hydroxyl groups excluding tert-OH is 1. The Kier molecular flexibility index (Phi) is 2.44. The molecule has 0 aromatic carbocycles. The second kappa shape index (κ2) is 3.15. The molecule has 0 aliphatic heterocycles. The molecular weight excluding hydrogens is 128 g/mol. The summed E-state index contributed by atoms with van der Waals surface area (Å²) in [7, 11) is 0. The van der Waals surface area contributed by atoms with Crippen molar-refractivity contribution in [1.82, 2.24) is 0 Å². The molecule has 0 saturated heterocycles. The first-order valence-corrected chi connectivity index (χ1v) is 3.91. The minimum atomic E-state index is -0.363. The van der Waals surface area contributed by atoms with Crippen molar-refractivity contribution >= 4 is 5.78 Å². The molecule has 0 aromatic rings. The fraction of sp³-hybridized carbons (Fsp3) is 0.875. The highest BCUT2D eigenvalue weighted by atomic mass is 16.3. The number of hydrogen-bond acceptors (Lipinski definition) is 2. The highest BCUT2D eigenvalue weighted by molar-refractivity contribution is 5.81. The average Bonchev–Trinajstić information content (AvgIpc) is 1.96. The van der Waals surface area contributed by atoms with Crippen LogP contribution < -0.4 is 0 Å². The van der Waals surface area contributed by atoms with Crippen LogP contribution in [0.3, 0.4) is 0 Å². The molecule has 1 aliphatic carbocycles. The fourth-order valence-electron chi connectivity index (χ4n) is 1.36. The number of hydrogen-bond donors (Lipinski definition) is 1. The van der Waals surface area contributed by atoms with E-state index in [1.165, 1.54) is 0 Å². The lowest BCUT2D eigenvalue weighted by molar-refractivity contribution is -0.123. The van der Waals surface area contributed by atoms with Crippen molar-refractivity contribution in [1.29, 1.82) is 0 Å². The van der Waals surface area contributed by atoms with Gasteiger partial charge in [0.2, 0.25) is 0 Å². The van der Waals surface area contributed by atoms with Crippen LogP contribution in [0.5, 0.6) is 0 Å². The number of carbonyl (C=O) groups excluding carboxylic acids is 1. The van der Waals surface area contributed by atoms with E-state index in [1.807, 2.05) is 6.92 Å². The Morgan fingerprint density at radius 1 is 1.50 bits per heavy atom. The maximum absolute atomic E-state index is 11.1. The lowest BCUT2D eigenvalue weighted by Gasteiger charge is -2.04. The summed E-state index contributed by atoms with van der Waals surface area (Å²) in [5, 5.41) is 9.16. The largest absolute Gasteiger partial charge is 0.393 e. The lowest BCUT2D eigenvalue weighted by atomic mass is 10.0. The Hall–Kier alpha value is -0.370. The topological polar surface area (TPSA) is 37.3 Å². The maximum atomic E-state index is 11.1. The van der Waals surface area contributed by atoms with Crippen molar-refractivity contribution in [2.75, 3.05) is 0 Å². The van der Waals surface area contributed by atoms with Crippen molar-refractivity contribution in [2.24, 2.45) is 5.92 Å². The van der Waals surface area contributed by atoms with Crippen molar-refractivity contribution in [3.63, 3.8) is 0 Å². The van der Waals surface area contributed by atoms with Crippen molar-refractivity contribution < 1.29 is 9.90 Å². The first kappa shape index (κ1) is 7.73. The van der Waals surface area contributed by atoms with Crippen LogP contribution >= 0.6 is 0 Å². The van der Waals surface area contributed by atoms with Crippen molar-refractivity contribution in [2.45, 2.75) is 38.7 Å². The van der Waals surface area contributed by atoms with Crippen LogP contribution in [0.4, 0.5) is 0 Å². The third-order valence-corrected chi connectivity index (χ3v) is 2.16. The van der Waals surface area contributed by atoms with Gasteiger partial charge in [-0.05, 0) is 12.8 Å². The number of rotatable bonds is 0. The highest BCUT2D eigenvalue weighted by Gasteiger charge is 2.20. The van der Waals surface area contributed by atoms with E-state index in [1.54, 1.807) is 0 Å². The molecule has 10 heavy (non-hydrogen) atoms. The first-order valence-electron chi connectivity index (χ1n) is 3.91. The van der Waals surface area contributed by atoms with Gasteiger partial charge in [-0.3, -0.25) is 4.79 Å². The Morgan fingerprint density at radius 2 is 2.20 bits per heavy atom. The summed E-state index contributed by atoms with van der Waals surface area (Å²) in [6, 6.07) is 0. The average molecular weight is 142 g/mol. The van der Waals surface area contributed by atoms with E-state index in [2.05, 4.69) is 0 Å². The van der Waals surface area contributed by atoms with E-state index in [0.717, 1.165) is 19.3 Å². The third kappa shape index (κ3) is 1.81. The van der Waals surface area contributed by atoms with Crippen molar-refractivity contribution in [3.8, 4) is 0 Å². The normalized spacial score (nSPS) is 35.6. The van der Waals surface area contributed by atoms with Gasteiger partial charge in [0.25, 0.3) is 0 Å². The molecule has 1 rings (SSSR count). The van der Waals surface area contributed by atoms with E-state index in [4.69, 9.17) is 5.11 Å². The molecular formula is C8H14O2. The van der Waals surface area contributed by atoms with Gasteiger partial charge in [0.15, 0.2) is 0 Å². The predicted molar refractivity (Wildman–Crippen MR) is 38.6 cm³/mol. The summed E-state index contributed by atoms with van der Waals surface area (Å²) in [6.45, 7) is 1.94. The molecule has 0 amide bonds. The van der Waals surface area contributed by atoms with Crippen LogP contribution in [0.25, 0.3) is 0 Å². The van der Waals surface area contributed by atoms with Gasteiger partial charge in [0.05, 0.1) is 6.10 Å². The number of Topliss-reactive ketones (excluding diaryl/α,β-unsaturated/α-hetero) is 1. The molecule has 0 spiro atoms. The van der Waals surface area contributed by atoms with E-state index >= 15 is 0 Å². The minimum absolute atomic E-state index is 0.178. The molecule has 2 nitrogen and oxygen atoms in total. The summed E-state index contributed by atoms with van der Waals surface area (Å²) in [4.78, 5) is 11.1. The van der Waals surface area contributed by atoms with Crippen LogP contribution in [0.1, 0.15) is 32.6 Å². The smallest absolute Gasteiger partial charge is 0.138 e. The molecule has 58 valence electrons. The van der Waals surface area contributed by atoms with E-state index in [-0.39, 0.29) is 17.8 Å². The lowest BCUT2D eigenvalue weighted by Crippen LogP contribution is -2.14. The summed E-state index contributed by atoms with van der Waals surface area (Å²) < 4.78 is 0. The van der Waals surface area contributed by atoms with Gasteiger partial charge in [-0.15, -0.1) is 0 Å². The summed E-state index contributed by atoms with van der Waals surface area (Å²) >= 11 is 0. The molecule has 1 N–H and O–H groups in total. The standard InChI is InChI=1S/C8H14O2/c1-6-3-2-4-7(9)5-8(6)10/h6-7,9H,2-5H2,1H3. The summed E-state index contributed by atoms with van der Waals surface area (Å²) in [5.74, 6) is 0.405. The van der Waals surface area contributed by atoms with Crippen LogP contribution in [0, 0.1) is 5.92 Å². The second-order valence-corrected chi connectivity index (χ2v) is 3.16. The van der Waals surface area contributed by atoms with Crippen molar-refractivity contribution in [3.05, 3.63) is 0 Å². The second-order valence-electron chi connectivity index (χ2n) is 3.16. The maximum Gasteiger partial charge on any atom is 0.138 e. The quantitative estimate of drug-likeness (QED) is 0.515. The van der Waals surface area contributed by atoms with Gasteiger partial charge in [0, 0.05) is 12.3 Å². The van der Waals surface area contributed by atoms with Gasteiger partial charge >= 0.3 is 0 Å². The fourth-order valence-corrected chi connectivity index (χ4v) is 1.36. The number of ketones is 1. The molecule has 1 aliphatic rings. The first-order chi connectivity index (χ1) is 4.70. The Labute approximate surface area is 61.2 Å². The Bertz CT molecular complexity index is 131. The van der Waals surface area contributed by atoms with Crippen LogP contribution in [-0.4, -0.2) is 17.0 Å². The molecule has 0 heterocycles. The SMILES string of the molecule is CC1CCCC(O)CC1=O. The molecule has 2 atom stereocenters. The third-order valence-electron chi connectivity index (χ3n) is 2.16. The van der Waals surface area contributed by atoms with Gasteiger partial charge < -0.3 is 5.11 Å². The zero-order valence-corrected chi connectivity index (χ0v) is 6.34. The zero-order valence-electron chi connectivity index (χ0n) is 6.34. The van der Waals surface area contributed by atoms with E-state index in [0.29, 0.717) is 6.42 Å². The van der Waals surface area contributed by atoms with Crippen LogP contribution in [-0.2, 0) is 4.79 Å². The van der Waals surface area contributed by atoms with Crippen LogP contribution in [0.2, 0.25) is 0 Å². The summed E-state index contributed by atoms with van der Waals surface area (Å²) in [6.07, 6.45) is 2.76. The molecule has 0 aromatic heterocycles. The van der Waals surface area contributed by atoms with Gasteiger partial charge in [-0.25, -0.2) is 0 Å². The predicted octanol–water partition coefficient (Wildman–Crippen LogP) is 1.13. The number of carbonyl (C=O) groups is 1. The Morgan fingerprint density at radius 3 is 2.90 bits per heavy atom. The minimum Gasteiger partial charge on any atom is -0.393 e. The monoisotopic (exact) mass is 142 g/mol. The molecule has 1 saturated carbocycles. The molecule has 2 heteroatoms. The van der Waals surface area contributed by atoms with Gasteiger partial charge in [0.1, 0.15) is 5.78 Å². The van der Waals surface area contributed by atoms with Crippen LogP contribution in [0.15, 0.2) is 0 Å². The van der Waals surface area contributed by atoms with Gasteiger partial charge in [-0.1, -0.05) is 13.3 Å².